The van der Waals surface area contributed by atoms with Crippen molar-refractivity contribution in [2.75, 3.05) is 7.11 Å². The molecule has 0 aliphatic heterocycles. The molecular formula is C15H22FNO2. The molecule has 0 aliphatic carbocycles. The minimum Gasteiger partial charge on any atom is -0.468 e. The highest BCUT2D eigenvalue weighted by Gasteiger charge is 2.21. The lowest BCUT2D eigenvalue weighted by atomic mass is 10.0. The van der Waals surface area contributed by atoms with E-state index in [2.05, 4.69) is 12.2 Å². The second-order valence-corrected chi connectivity index (χ2v) is 4.66. The second-order valence-electron chi connectivity index (χ2n) is 4.66. The maximum absolute atomic E-state index is 13.2. The normalized spacial score (nSPS) is 13.9. The highest BCUT2D eigenvalue weighted by atomic mass is 19.1. The average molecular weight is 267 g/mol. The smallest absolute Gasteiger partial charge is 0.322 e. The molecule has 0 aliphatic rings. The van der Waals surface area contributed by atoms with E-state index >= 15 is 0 Å². The molecule has 1 rings (SSSR count). The van der Waals surface area contributed by atoms with Gasteiger partial charge in [-0.05, 0) is 31.0 Å². The Labute approximate surface area is 114 Å². The van der Waals surface area contributed by atoms with Crippen LogP contribution in [0, 0.1) is 5.82 Å². The van der Waals surface area contributed by atoms with Gasteiger partial charge in [0.1, 0.15) is 11.9 Å². The Bertz CT molecular complexity index is 409. The zero-order valence-corrected chi connectivity index (χ0v) is 11.8. The molecule has 0 heterocycles. The van der Waals surface area contributed by atoms with E-state index in [1.807, 2.05) is 13.0 Å². The van der Waals surface area contributed by atoms with E-state index < -0.39 is 0 Å². The van der Waals surface area contributed by atoms with Crippen LogP contribution in [0.3, 0.4) is 0 Å². The van der Waals surface area contributed by atoms with Crippen molar-refractivity contribution in [1.82, 2.24) is 5.32 Å². The molecule has 0 spiro atoms. The standard InChI is InChI=1S/C15H22FNO2/c1-4-5-9-14(15(18)19-3)17-11(2)12-7-6-8-13(16)10-12/h6-8,10-11,14,17H,4-5,9H2,1-3H3. The number of ether oxygens (including phenoxy) is 1. The Morgan fingerprint density at radius 2 is 2.21 bits per heavy atom. The summed E-state index contributed by atoms with van der Waals surface area (Å²) in [6, 6.07) is 5.95. The minimum absolute atomic E-state index is 0.100. The highest BCUT2D eigenvalue weighted by Crippen LogP contribution is 2.16. The number of esters is 1. The van der Waals surface area contributed by atoms with Crippen molar-refractivity contribution in [1.29, 1.82) is 0 Å². The Morgan fingerprint density at radius 1 is 1.47 bits per heavy atom. The topological polar surface area (TPSA) is 38.3 Å². The Balaban J connectivity index is 2.69. The third-order valence-electron chi connectivity index (χ3n) is 3.13. The summed E-state index contributed by atoms with van der Waals surface area (Å²) < 4.78 is 18.0. The van der Waals surface area contributed by atoms with E-state index in [0.717, 1.165) is 24.8 Å². The predicted molar refractivity (Wildman–Crippen MR) is 73.3 cm³/mol. The molecule has 0 saturated heterocycles. The lowest BCUT2D eigenvalue weighted by molar-refractivity contribution is -0.143. The zero-order chi connectivity index (χ0) is 14.3. The van der Waals surface area contributed by atoms with Crippen molar-refractivity contribution in [3.8, 4) is 0 Å². The van der Waals surface area contributed by atoms with Gasteiger partial charge >= 0.3 is 5.97 Å². The summed E-state index contributed by atoms with van der Waals surface area (Å²) in [5.41, 5.74) is 0.824. The molecule has 0 radical (unpaired) electrons. The number of halogens is 1. The van der Waals surface area contributed by atoms with Gasteiger partial charge in [0.2, 0.25) is 0 Å². The predicted octanol–water partition coefficient (Wildman–Crippen LogP) is 3.21. The van der Waals surface area contributed by atoms with Crippen LogP contribution in [-0.2, 0) is 9.53 Å². The third-order valence-corrected chi connectivity index (χ3v) is 3.13. The van der Waals surface area contributed by atoms with Gasteiger partial charge in [-0.3, -0.25) is 10.1 Å². The van der Waals surface area contributed by atoms with Gasteiger partial charge < -0.3 is 4.74 Å². The molecule has 2 unspecified atom stereocenters. The van der Waals surface area contributed by atoms with Crippen molar-refractivity contribution < 1.29 is 13.9 Å². The quantitative estimate of drug-likeness (QED) is 0.771. The number of carbonyl (C=O) groups is 1. The molecule has 1 aromatic rings. The van der Waals surface area contributed by atoms with Crippen LogP contribution in [-0.4, -0.2) is 19.1 Å². The first-order valence-corrected chi connectivity index (χ1v) is 6.67. The van der Waals surface area contributed by atoms with E-state index in [-0.39, 0.29) is 23.9 Å². The first-order chi connectivity index (χ1) is 9.08. The summed E-state index contributed by atoms with van der Waals surface area (Å²) in [7, 11) is 1.38. The lowest BCUT2D eigenvalue weighted by Crippen LogP contribution is -2.39. The zero-order valence-electron chi connectivity index (χ0n) is 11.8. The van der Waals surface area contributed by atoms with Crippen LogP contribution in [0.1, 0.15) is 44.7 Å². The van der Waals surface area contributed by atoms with E-state index in [4.69, 9.17) is 4.74 Å². The number of rotatable bonds is 7. The molecule has 106 valence electrons. The molecule has 1 N–H and O–H groups in total. The summed E-state index contributed by atoms with van der Waals surface area (Å²) >= 11 is 0. The number of benzene rings is 1. The van der Waals surface area contributed by atoms with Gasteiger partial charge in [0.05, 0.1) is 7.11 Å². The van der Waals surface area contributed by atoms with Gasteiger partial charge in [-0.15, -0.1) is 0 Å². The molecule has 2 atom stereocenters. The number of hydrogen-bond donors (Lipinski definition) is 1. The second kappa shape index (κ2) is 7.89. The van der Waals surface area contributed by atoms with Crippen LogP contribution in [0.4, 0.5) is 4.39 Å². The first-order valence-electron chi connectivity index (χ1n) is 6.67. The molecule has 0 aromatic heterocycles. The SMILES string of the molecule is CCCCC(NC(C)c1cccc(F)c1)C(=O)OC. The molecule has 4 heteroatoms. The monoisotopic (exact) mass is 267 g/mol. The van der Waals surface area contributed by atoms with E-state index in [1.54, 1.807) is 6.07 Å². The minimum atomic E-state index is -0.344. The van der Waals surface area contributed by atoms with E-state index in [9.17, 15) is 9.18 Å². The molecule has 0 saturated carbocycles. The van der Waals surface area contributed by atoms with Crippen LogP contribution < -0.4 is 5.32 Å². The van der Waals surface area contributed by atoms with Gasteiger partial charge in [0, 0.05) is 6.04 Å². The average Bonchev–Trinajstić information content (AvgIpc) is 2.42. The Kier molecular flexibility index (Phi) is 6.50. The van der Waals surface area contributed by atoms with Crippen molar-refractivity contribution in [3.05, 3.63) is 35.6 Å². The summed E-state index contributed by atoms with van der Waals surface area (Å²) in [6.07, 6.45) is 2.69. The fraction of sp³-hybridized carbons (Fsp3) is 0.533. The van der Waals surface area contributed by atoms with Crippen LogP contribution in [0.5, 0.6) is 0 Å². The van der Waals surface area contributed by atoms with Crippen molar-refractivity contribution in [2.45, 2.75) is 45.2 Å². The van der Waals surface area contributed by atoms with Crippen molar-refractivity contribution in [2.24, 2.45) is 0 Å². The molecule has 0 amide bonds. The summed E-state index contributed by atoms with van der Waals surface area (Å²) in [4.78, 5) is 11.7. The van der Waals surface area contributed by atoms with Crippen LogP contribution in [0.15, 0.2) is 24.3 Å². The van der Waals surface area contributed by atoms with Gasteiger partial charge in [0.15, 0.2) is 0 Å². The van der Waals surface area contributed by atoms with Gasteiger partial charge in [-0.25, -0.2) is 4.39 Å². The summed E-state index contributed by atoms with van der Waals surface area (Å²) in [5.74, 6) is -0.536. The Morgan fingerprint density at radius 3 is 2.79 bits per heavy atom. The van der Waals surface area contributed by atoms with Crippen molar-refractivity contribution >= 4 is 5.97 Å². The number of hydrogen-bond acceptors (Lipinski definition) is 3. The molecule has 1 aromatic carbocycles. The van der Waals surface area contributed by atoms with Gasteiger partial charge in [-0.1, -0.05) is 31.9 Å². The number of nitrogens with one attached hydrogen (secondary N) is 1. The van der Waals surface area contributed by atoms with Crippen LogP contribution >= 0.6 is 0 Å². The van der Waals surface area contributed by atoms with Gasteiger partial charge in [-0.2, -0.15) is 0 Å². The molecule has 19 heavy (non-hydrogen) atoms. The number of unbranched alkanes of at least 4 members (excludes halogenated alkanes) is 1. The van der Waals surface area contributed by atoms with Crippen molar-refractivity contribution in [3.63, 3.8) is 0 Å². The van der Waals surface area contributed by atoms with E-state index in [1.165, 1.54) is 19.2 Å². The first kappa shape index (κ1) is 15.6. The third kappa shape index (κ3) is 4.99. The summed E-state index contributed by atoms with van der Waals surface area (Å²) in [5, 5.41) is 3.20. The molecule has 3 nitrogen and oxygen atoms in total. The molecule has 0 fully saturated rings. The Hall–Kier alpha value is -1.42. The maximum atomic E-state index is 13.2. The highest BCUT2D eigenvalue weighted by molar-refractivity contribution is 5.75. The van der Waals surface area contributed by atoms with Gasteiger partial charge in [0.25, 0.3) is 0 Å². The lowest BCUT2D eigenvalue weighted by Gasteiger charge is -2.21. The largest absolute Gasteiger partial charge is 0.468 e. The fourth-order valence-corrected chi connectivity index (χ4v) is 1.99. The number of carbonyl (C=O) groups excluding carboxylic acids is 1. The van der Waals surface area contributed by atoms with Crippen LogP contribution in [0.2, 0.25) is 0 Å². The maximum Gasteiger partial charge on any atom is 0.322 e. The fourth-order valence-electron chi connectivity index (χ4n) is 1.99. The van der Waals surface area contributed by atoms with Crippen LogP contribution in [0.25, 0.3) is 0 Å². The van der Waals surface area contributed by atoms with E-state index in [0.29, 0.717) is 0 Å². The summed E-state index contributed by atoms with van der Waals surface area (Å²) in [6.45, 7) is 3.99. The number of methoxy groups -OCH3 is 1. The molecule has 0 bridgehead atoms. The molecular weight excluding hydrogens is 245 g/mol.